The van der Waals surface area contributed by atoms with Crippen LogP contribution in [0, 0.1) is 5.92 Å². The summed E-state index contributed by atoms with van der Waals surface area (Å²) in [6, 6.07) is 6.11. The lowest BCUT2D eigenvalue weighted by molar-refractivity contribution is 0.328. The quantitative estimate of drug-likeness (QED) is 0.779. The molecule has 94 valence electrons. The fraction of sp³-hybridized carbons (Fsp3) is 0.571. The van der Waals surface area contributed by atoms with E-state index in [9.17, 15) is 0 Å². The number of benzene rings is 1. The maximum Gasteiger partial charge on any atom is 0.0652 e. The third kappa shape index (κ3) is 3.53. The Morgan fingerprint density at radius 3 is 2.53 bits per heavy atom. The molecule has 0 radical (unpaired) electrons. The normalized spacial score (nSPS) is 19.0. The number of halogens is 2. The molecule has 0 aliphatic heterocycles. The molecule has 0 heterocycles. The Hall–Kier alpha value is -0.400. The van der Waals surface area contributed by atoms with E-state index in [0.29, 0.717) is 16.1 Å². The number of hydrogen-bond acceptors (Lipinski definition) is 1. The maximum atomic E-state index is 6.17. The van der Waals surface area contributed by atoms with Crippen LogP contribution in [0.25, 0.3) is 0 Å². The first kappa shape index (κ1) is 13.0. The Morgan fingerprint density at radius 1 is 1.18 bits per heavy atom. The van der Waals surface area contributed by atoms with Gasteiger partial charge < -0.3 is 5.32 Å². The average Bonchev–Trinajstić information content (AvgIpc) is 2.34. The summed E-state index contributed by atoms with van der Waals surface area (Å²) >= 11 is 12.1. The molecule has 1 nitrogen and oxygen atoms in total. The molecule has 2 rings (SSSR count). The monoisotopic (exact) mass is 271 g/mol. The second-order valence-corrected chi connectivity index (χ2v) is 5.80. The van der Waals surface area contributed by atoms with Gasteiger partial charge in [-0.25, -0.2) is 0 Å². The van der Waals surface area contributed by atoms with Crippen LogP contribution >= 0.6 is 23.2 Å². The first-order chi connectivity index (χ1) is 8.16. The number of hydrogen-bond donors (Lipinski definition) is 1. The topological polar surface area (TPSA) is 12.0 Å². The minimum atomic E-state index is 0.481. The highest BCUT2D eigenvalue weighted by molar-refractivity contribution is 6.36. The van der Waals surface area contributed by atoms with Crippen LogP contribution < -0.4 is 5.32 Å². The zero-order chi connectivity index (χ0) is 12.3. The molecule has 1 N–H and O–H groups in total. The standard InChI is InChI=1S/C14H19Cl2N/c1-10(11-5-3-2-4-6-11)17-14-8-7-12(15)9-13(14)16/h7-11,17H,2-6H2,1H3. The van der Waals surface area contributed by atoms with E-state index in [1.165, 1.54) is 32.1 Å². The maximum absolute atomic E-state index is 6.17. The molecular formula is C14H19Cl2N. The highest BCUT2D eigenvalue weighted by Gasteiger charge is 2.20. The first-order valence-electron chi connectivity index (χ1n) is 6.38. The largest absolute Gasteiger partial charge is 0.381 e. The van der Waals surface area contributed by atoms with Gasteiger partial charge in [0.25, 0.3) is 0 Å². The fourth-order valence-electron chi connectivity index (χ4n) is 2.60. The zero-order valence-electron chi connectivity index (χ0n) is 10.2. The molecule has 0 bridgehead atoms. The highest BCUT2D eigenvalue weighted by atomic mass is 35.5. The van der Waals surface area contributed by atoms with Crippen molar-refractivity contribution in [1.82, 2.24) is 0 Å². The van der Waals surface area contributed by atoms with Crippen LogP contribution in [0.4, 0.5) is 5.69 Å². The van der Waals surface area contributed by atoms with Crippen LogP contribution in [-0.4, -0.2) is 6.04 Å². The zero-order valence-corrected chi connectivity index (χ0v) is 11.7. The third-order valence-corrected chi connectivity index (χ3v) is 4.22. The first-order valence-corrected chi connectivity index (χ1v) is 7.14. The van der Waals surface area contributed by atoms with Crippen molar-refractivity contribution in [2.75, 3.05) is 5.32 Å². The predicted octanol–water partition coefficient (Wildman–Crippen LogP) is 5.37. The van der Waals surface area contributed by atoms with Gasteiger partial charge in [0, 0.05) is 11.1 Å². The summed E-state index contributed by atoms with van der Waals surface area (Å²) in [5.41, 5.74) is 0.995. The number of nitrogens with one attached hydrogen (secondary N) is 1. The van der Waals surface area contributed by atoms with Crippen LogP contribution in [0.1, 0.15) is 39.0 Å². The summed E-state index contributed by atoms with van der Waals surface area (Å²) in [5, 5.41) is 4.91. The van der Waals surface area contributed by atoms with Crippen LogP contribution in [0.3, 0.4) is 0 Å². The lowest BCUT2D eigenvalue weighted by Crippen LogP contribution is -2.27. The predicted molar refractivity (Wildman–Crippen MR) is 76.1 cm³/mol. The Bertz CT molecular complexity index is 372. The van der Waals surface area contributed by atoms with Crippen molar-refractivity contribution in [1.29, 1.82) is 0 Å². The van der Waals surface area contributed by atoms with Crippen molar-refractivity contribution >= 4 is 28.9 Å². The van der Waals surface area contributed by atoms with E-state index < -0.39 is 0 Å². The molecule has 0 saturated heterocycles. The van der Waals surface area contributed by atoms with Crippen molar-refractivity contribution in [2.45, 2.75) is 45.1 Å². The van der Waals surface area contributed by atoms with Gasteiger partial charge in [-0.05, 0) is 43.9 Å². The van der Waals surface area contributed by atoms with Gasteiger partial charge in [-0.1, -0.05) is 42.5 Å². The Balaban J connectivity index is 1.99. The van der Waals surface area contributed by atoms with E-state index >= 15 is 0 Å². The minimum absolute atomic E-state index is 0.481. The van der Waals surface area contributed by atoms with Gasteiger partial charge in [-0.3, -0.25) is 0 Å². The summed E-state index contributed by atoms with van der Waals surface area (Å²) in [6.45, 7) is 2.25. The molecule has 1 aliphatic rings. The van der Waals surface area contributed by atoms with Crippen LogP contribution in [-0.2, 0) is 0 Å². The van der Waals surface area contributed by atoms with Crippen molar-refractivity contribution in [2.24, 2.45) is 5.92 Å². The molecule has 3 heteroatoms. The summed E-state index contributed by atoms with van der Waals surface area (Å²) < 4.78 is 0. The Labute approximate surface area is 114 Å². The van der Waals surface area contributed by atoms with Crippen molar-refractivity contribution < 1.29 is 0 Å². The van der Waals surface area contributed by atoms with Gasteiger partial charge in [-0.15, -0.1) is 0 Å². The van der Waals surface area contributed by atoms with Gasteiger partial charge in [0.05, 0.1) is 10.7 Å². The average molecular weight is 272 g/mol. The molecule has 1 unspecified atom stereocenters. The van der Waals surface area contributed by atoms with Gasteiger partial charge in [0.15, 0.2) is 0 Å². The molecular weight excluding hydrogens is 253 g/mol. The van der Waals surface area contributed by atoms with E-state index in [0.717, 1.165) is 11.6 Å². The summed E-state index contributed by atoms with van der Waals surface area (Å²) in [4.78, 5) is 0. The van der Waals surface area contributed by atoms with E-state index in [1.54, 1.807) is 6.07 Å². The Kier molecular flexibility index (Phi) is 4.58. The fourth-order valence-corrected chi connectivity index (χ4v) is 3.07. The van der Waals surface area contributed by atoms with Crippen molar-refractivity contribution in [3.63, 3.8) is 0 Å². The van der Waals surface area contributed by atoms with Crippen molar-refractivity contribution in [3.8, 4) is 0 Å². The molecule has 0 spiro atoms. The van der Waals surface area contributed by atoms with Crippen LogP contribution in [0.15, 0.2) is 18.2 Å². The highest BCUT2D eigenvalue weighted by Crippen LogP contribution is 2.31. The molecule has 1 saturated carbocycles. The van der Waals surface area contributed by atoms with Gasteiger partial charge >= 0.3 is 0 Å². The van der Waals surface area contributed by atoms with Crippen LogP contribution in [0.5, 0.6) is 0 Å². The summed E-state index contributed by atoms with van der Waals surface area (Å²) in [6.07, 6.45) is 6.79. The molecule has 0 aromatic heterocycles. The molecule has 1 atom stereocenters. The van der Waals surface area contributed by atoms with Gasteiger partial charge in [-0.2, -0.15) is 0 Å². The molecule has 1 aliphatic carbocycles. The van der Waals surface area contributed by atoms with Gasteiger partial charge in [0.2, 0.25) is 0 Å². The SMILES string of the molecule is CC(Nc1ccc(Cl)cc1Cl)C1CCCCC1. The molecule has 0 amide bonds. The summed E-state index contributed by atoms with van der Waals surface area (Å²) in [5.74, 6) is 0.774. The van der Waals surface area contributed by atoms with E-state index in [2.05, 4.69) is 12.2 Å². The van der Waals surface area contributed by atoms with E-state index in [1.807, 2.05) is 12.1 Å². The molecule has 17 heavy (non-hydrogen) atoms. The lowest BCUT2D eigenvalue weighted by Gasteiger charge is -2.29. The van der Waals surface area contributed by atoms with Crippen molar-refractivity contribution in [3.05, 3.63) is 28.2 Å². The molecule has 1 aromatic carbocycles. The summed E-state index contributed by atoms with van der Waals surface area (Å²) in [7, 11) is 0. The lowest BCUT2D eigenvalue weighted by atomic mass is 9.84. The smallest absolute Gasteiger partial charge is 0.0652 e. The molecule has 1 aromatic rings. The van der Waals surface area contributed by atoms with E-state index in [4.69, 9.17) is 23.2 Å². The van der Waals surface area contributed by atoms with Gasteiger partial charge in [0.1, 0.15) is 0 Å². The van der Waals surface area contributed by atoms with E-state index in [-0.39, 0.29) is 0 Å². The second kappa shape index (κ2) is 5.97. The minimum Gasteiger partial charge on any atom is -0.381 e. The number of rotatable bonds is 3. The second-order valence-electron chi connectivity index (χ2n) is 4.96. The Morgan fingerprint density at radius 2 is 1.88 bits per heavy atom. The molecule has 1 fully saturated rings. The number of anilines is 1. The van der Waals surface area contributed by atoms with Crippen LogP contribution in [0.2, 0.25) is 10.0 Å². The third-order valence-electron chi connectivity index (χ3n) is 3.67.